The summed E-state index contributed by atoms with van der Waals surface area (Å²) < 4.78 is 7.84. The predicted molar refractivity (Wildman–Crippen MR) is 88.9 cm³/mol. The molecule has 2 heterocycles. The van der Waals surface area contributed by atoms with Crippen LogP contribution in [0.15, 0.2) is 23.0 Å². The number of imide groups is 1. The van der Waals surface area contributed by atoms with Crippen LogP contribution in [-0.4, -0.2) is 51.5 Å². The molecule has 1 fully saturated rings. The van der Waals surface area contributed by atoms with Crippen molar-refractivity contribution in [1.29, 1.82) is 0 Å². The zero-order chi connectivity index (χ0) is 18.1. The van der Waals surface area contributed by atoms with E-state index >= 15 is 0 Å². The van der Waals surface area contributed by atoms with Crippen molar-refractivity contribution >= 4 is 34.4 Å². The van der Waals surface area contributed by atoms with Crippen LogP contribution in [0.4, 0.5) is 5.69 Å². The summed E-state index contributed by atoms with van der Waals surface area (Å²) in [6.07, 6.45) is -0.0107. The topological polar surface area (TPSA) is 103 Å². The quantitative estimate of drug-likeness (QED) is 0.758. The molecule has 3 rings (SSSR count). The Balaban J connectivity index is 1.68. The number of imidazole rings is 1. The van der Waals surface area contributed by atoms with Gasteiger partial charge in [-0.25, -0.2) is 4.79 Å². The second-order valence-corrected chi connectivity index (χ2v) is 5.83. The molecule has 0 atom stereocenters. The minimum atomic E-state index is -0.440. The molecule has 0 spiro atoms. The maximum absolute atomic E-state index is 12.1. The number of carbonyl (C=O) groups is 3. The summed E-state index contributed by atoms with van der Waals surface area (Å²) in [5, 5.41) is 2.72. The van der Waals surface area contributed by atoms with Gasteiger partial charge in [0.1, 0.15) is 13.2 Å². The van der Waals surface area contributed by atoms with E-state index in [-0.39, 0.29) is 37.8 Å². The lowest BCUT2D eigenvalue weighted by Crippen LogP contribution is -2.47. The van der Waals surface area contributed by atoms with E-state index in [0.717, 1.165) is 10.4 Å². The molecule has 2 aromatic rings. The highest BCUT2D eigenvalue weighted by Gasteiger charge is 2.26. The molecule has 3 amide bonds. The van der Waals surface area contributed by atoms with Gasteiger partial charge < -0.3 is 10.1 Å². The summed E-state index contributed by atoms with van der Waals surface area (Å²) >= 11 is 0. The van der Waals surface area contributed by atoms with E-state index in [2.05, 4.69) is 5.32 Å². The minimum Gasteiger partial charge on any atom is -0.362 e. The van der Waals surface area contributed by atoms with Gasteiger partial charge in [-0.05, 0) is 18.2 Å². The highest BCUT2D eigenvalue weighted by molar-refractivity contribution is 5.99. The van der Waals surface area contributed by atoms with E-state index in [4.69, 9.17) is 4.74 Å². The van der Waals surface area contributed by atoms with Gasteiger partial charge in [0.15, 0.2) is 0 Å². The first-order valence-electron chi connectivity index (χ1n) is 7.74. The number of aromatic nitrogens is 2. The monoisotopic (exact) mass is 346 g/mol. The highest BCUT2D eigenvalue weighted by Crippen LogP contribution is 2.17. The van der Waals surface area contributed by atoms with Crippen molar-refractivity contribution in [2.24, 2.45) is 14.1 Å². The third kappa shape index (κ3) is 3.18. The molecule has 1 N–H and O–H groups in total. The smallest absolute Gasteiger partial charge is 0.328 e. The third-order valence-electron chi connectivity index (χ3n) is 4.17. The van der Waals surface area contributed by atoms with E-state index in [9.17, 15) is 19.2 Å². The third-order valence-corrected chi connectivity index (χ3v) is 4.17. The van der Waals surface area contributed by atoms with Gasteiger partial charge in [0.25, 0.3) is 11.8 Å². The number of anilines is 1. The second-order valence-electron chi connectivity index (χ2n) is 5.83. The Morgan fingerprint density at radius 3 is 2.40 bits per heavy atom. The van der Waals surface area contributed by atoms with Crippen LogP contribution in [0.3, 0.4) is 0 Å². The Morgan fingerprint density at radius 1 is 1.08 bits per heavy atom. The SMILES string of the molecule is Cn1c(=O)n(C)c2cc(NC(=O)CCN3C(=O)COCC3=O)ccc21. The van der Waals surface area contributed by atoms with E-state index in [0.29, 0.717) is 11.2 Å². The van der Waals surface area contributed by atoms with Crippen LogP contribution in [0.5, 0.6) is 0 Å². The van der Waals surface area contributed by atoms with Gasteiger partial charge in [0.2, 0.25) is 5.91 Å². The molecule has 1 aliphatic heterocycles. The first-order chi connectivity index (χ1) is 11.9. The van der Waals surface area contributed by atoms with Crippen molar-refractivity contribution in [3.05, 3.63) is 28.7 Å². The molecule has 0 saturated carbocycles. The largest absolute Gasteiger partial charge is 0.362 e. The van der Waals surface area contributed by atoms with Gasteiger partial charge in [0, 0.05) is 32.7 Å². The first kappa shape index (κ1) is 16.9. The number of hydrogen-bond donors (Lipinski definition) is 1. The number of benzene rings is 1. The number of amides is 3. The normalized spacial score (nSPS) is 15.0. The zero-order valence-corrected chi connectivity index (χ0v) is 13.9. The maximum atomic E-state index is 12.1. The van der Waals surface area contributed by atoms with Crippen molar-refractivity contribution in [2.75, 3.05) is 25.1 Å². The number of rotatable bonds is 4. The molecular formula is C16H18N4O5. The van der Waals surface area contributed by atoms with E-state index in [1.165, 1.54) is 9.13 Å². The fraction of sp³-hybridized carbons (Fsp3) is 0.375. The number of nitrogens with one attached hydrogen (secondary N) is 1. The number of hydrogen-bond acceptors (Lipinski definition) is 5. The van der Waals surface area contributed by atoms with Crippen LogP contribution in [-0.2, 0) is 33.2 Å². The number of aryl methyl sites for hydroxylation is 2. The van der Waals surface area contributed by atoms with Gasteiger partial charge in [-0.15, -0.1) is 0 Å². The molecule has 9 nitrogen and oxygen atoms in total. The second kappa shape index (κ2) is 6.52. The molecule has 1 aliphatic rings. The minimum absolute atomic E-state index is 0.0107. The summed E-state index contributed by atoms with van der Waals surface area (Å²) in [7, 11) is 3.34. The standard InChI is InChI=1S/C16H18N4O5/c1-18-11-4-3-10(7-12(11)19(2)16(18)24)17-13(21)5-6-20-14(22)8-25-9-15(20)23/h3-4,7H,5-6,8-9H2,1-2H3,(H,17,21). The van der Waals surface area contributed by atoms with Crippen molar-refractivity contribution < 1.29 is 19.1 Å². The average molecular weight is 346 g/mol. The molecule has 0 aliphatic carbocycles. The Hall–Kier alpha value is -2.94. The molecular weight excluding hydrogens is 328 g/mol. The van der Waals surface area contributed by atoms with Crippen molar-refractivity contribution in [1.82, 2.24) is 14.0 Å². The molecule has 9 heteroatoms. The maximum Gasteiger partial charge on any atom is 0.328 e. The molecule has 1 saturated heterocycles. The Bertz CT molecular complexity index is 910. The fourth-order valence-corrected chi connectivity index (χ4v) is 2.79. The molecule has 0 bridgehead atoms. The molecule has 25 heavy (non-hydrogen) atoms. The van der Waals surface area contributed by atoms with Crippen LogP contribution in [0.1, 0.15) is 6.42 Å². The Labute approximate surface area is 142 Å². The fourth-order valence-electron chi connectivity index (χ4n) is 2.79. The number of carbonyl (C=O) groups excluding carboxylic acids is 3. The lowest BCUT2D eigenvalue weighted by atomic mass is 10.2. The van der Waals surface area contributed by atoms with E-state index in [1.807, 2.05) is 0 Å². The van der Waals surface area contributed by atoms with Crippen LogP contribution < -0.4 is 11.0 Å². The highest BCUT2D eigenvalue weighted by atomic mass is 16.5. The van der Waals surface area contributed by atoms with Crippen molar-refractivity contribution in [2.45, 2.75) is 6.42 Å². The summed E-state index contributed by atoms with van der Waals surface area (Å²) in [6.45, 7) is -0.281. The van der Waals surface area contributed by atoms with Crippen LogP contribution in [0.25, 0.3) is 11.0 Å². The van der Waals surface area contributed by atoms with Crippen LogP contribution >= 0.6 is 0 Å². The zero-order valence-electron chi connectivity index (χ0n) is 13.9. The summed E-state index contributed by atoms with van der Waals surface area (Å²) in [4.78, 5) is 48.3. The first-order valence-corrected chi connectivity index (χ1v) is 7.74. The van der Waals surface area contributed by atoms with Gasteiger partial charge >= 0.3 is 5.69 Å². The average Bonchev–Trinajstić information content (AvgIpc) is 2.79. The molecule has 0 radical (unpaired) electrons. The number of ether oxygens (including phenoxy) is 1. The number of morpholine rings is 1. The summed E-state index contributed by atoms with van der Waals surface area (Å²) in [6, 6.07) is 5.16. The molecule has 132 valence electrons. The van der Waals surface area contributed by atoms with Crippen LogP contribution in [0.2, 0.25) is 0 Å². The van der Waals surface area contributed by atoms with Gasteiger partial charge in [-0.3, -0.25) is 28.4 Å². The number of nitrogens with zero attached hydrogens (tertiary/aromatic N) is 3. The van der Waals surface area contributed by atoms with Crippen molar-refractivity contribution in [3.63, 3.8) is 0 Å². The predicted octanol–water partition coefficient (Wildman–Crippen LogP) is -0.409. The van der Waals surface area contributed by atoms with E-state index in [1.54, 1.807) is 32.3 Å². The van der Waals surface area contributed by atoms with Crippen LogP contribution in [0, 0.1) is 0 Å². The summed E-state index contributed by atoms with van der Waals surface area (Å²) in [5.41, 5.74) is 1.85. The van der Waals surface area contributed by atoms with Gasteiger partial charge in [-0.1, -0.05) is 0 Å². The summed E-state index contributed by atoms with van der Waals surface area (Å²) in [5.74, 6) is -1.21. The lowest BCUT2D eigenvalue weighted by molar-refractivity contribution is -0.158. The van der Waals surface area contributed by atoms with E-state index < -0.39 is 11.8 Å². The number of fused-ring (bicyclic) bond motifs is 1. The molecule has 1 aromatic carbocycles. The molecule has 1 aromatic heterocycles. The Kier molecular flexibility index (Phi) is 4.41. The molecule has 0 unspecified atom stereocenters. The van der Waals surface area contributed by atoms with Crippen molar-refractivity contribution in [3.8, 4) is 0 Å². The Morgan fingerprint density at radius 2 is 1.72 bits per heavy atom. The van der Waals surface area contributed by atoms with Gasteiger partial charge in [0.05, 0.1) is 11.0 Å². The lowest BCUT2D eigenvalue weighted by Gasteiger charge is -2.24. The van der Waals surface area contributed by atoms with Gasteiger partial charge in [-0.2, -0.15) is 0 Å².